The molecule has 0 aliphatic rings. The third-order valence-electron chi connectivity index (χ3n) is 0. The van der Waals surface area contributed by atoms with Gasteiger partial charge in [-0.3, -0.25) is 0 Å². The molecule has 3 heteroatoms. The Balaban J connectivity index is 2.32. The molecule has 0 nitrogen and oxygen atoms in total. The second kappa shape index (κ2) is 3.52. The van der Waals surface area contributed by atoms with Crippen LogP contribution < -0.4 is 0 Å². The van der Waals surface area contributed by atoms with E-state index in [2.05, 4.69) is 45.2 Å². The van der Waals surface area contributed by atoms with Crippen LogP contribution in [0.4, 0.5) is 0 Å². The Morgan fingerprint density at radius 2 is 1.50 bits per heavy atom. The molecule has 4 heavy (non-hydrogen) atoms. The van der Waals surface area contributed by atoms with Crippen molar-refractivity contribution in [2.45, 2.75) is -0.312 Å². The van der Waals surface area contributed by atoms with Crippen molar-refractivity contribution < 1.29 is 0 Å². The second-order valence-corrected chi connectivity index (χ2v) is 23.4. The fraction of sp³-hybridized carbons (Fsp3) is 1.00. The maximum absolute atomic E-state index is 2.42. The van der Waals surface area contributed by atoms with Crippen molar-refractivity contribution in [3.63, 3.8) is 0 Å². The van der Waals surface area contributed by atoms with Crippen LogP contribution in [0.2, 0.25) is 0 Å². The van der Waals surface area contributed by atoms with Crippen LogP contribution in [-0.4, -0.2) is 24.1 Å². The van der Waals surface area contributed by atoms with Crippen molar-refractivity contribution >= 4 is 69.6 Å². The zero-order valence-electron chi connectivity index (χ0n) is 2.33. The molecule has 0 bridgehead atoms. The summed E-state index contributed by atoms with van der Waals surface area (Å²) in [6.45, 7) is 0. The predicted octanol–water partition coefficient (Wildman–Crippen LogP) is 0.773. The zero-order chi connectivity index (χ0) is 3.58. The first-order valence-electron chi connectivity index (χ1n) is 1.01. The summed E-state index contributed by atoms with van der Waals surface area (Å²) in [6.07, 6.45) is 0. The summed E-state index contributed by atoms with van der Waals surface area (Å²) in [5.41, 5.74) is 0. The molecule has 0 radical (unpaired) electrons. The van der Waals surface area contributed by atoms with Crippen molar-refractivity contribution in [1.82, 2.24) is 0 Å². The molecule has 0 aliphatic carbocycles. The van der Waals surface area contributed by atoms with Gasteiger partial charge in [-0.25, -0.2) is 0 Å². The predicted molar refractivity (Wildman–Crippen MR) is 40.4 cm³/mol. The minimum atomic E-state index is 0.903. The molecular weight excluding hydrogens is 381 g/mol. The van der Waals surface area contributed by atoms with Gasteiger partial charge in [0.25, 0.3) is 0 Å². The standard InChI is InChI=1S/CHI2.In.2H/c2-1-3;;;/h1H;;;. The molecule has 0 aromatic rings. The average Bonchev–Trinajstić information content (AvgIpc) is 0.811. The summed E-state index contributed by atoms with van der Waals surface area (Å²) in [5, 5.41) is 0. The number of halogens is 2. The van der Waals surface area contributed by atoms with E-state index < -0.39 is 0 Å². The second-order valence-electron chi connectivity index (χ2n) is 0.519. The van der Waals surface area contributed by atoms with E-state index in [1.54, 1.807) is 0 Å². The molecular formula is CH3I2In. The minimum absolute atomic E-state index is 0.903. The summed E-state index contributed by atoms with van der Waals surface area (Å²) < 4.78 is 0.983. The van der Waals surface area contributed by atoms with E-state index >= 15 is 0 Å². The van der Waals surface area contributed by atoms with Crippen LogP contribution in [0.15, 0.2) is 0 Å². The van der Waals surface area contributed by atoms with Gasteiger partial charge >= 0.3 is 69.2 Å². The van der Waals surface area contributed by atoms with Crippen molar-refractivity contribution in [3.05, 3.63) is 0 Å². The van der Waals surface area contributed by atoms with Crippen molar-refractivity contribution in [3.8, 4) is 0 Å². The first-order chi connectivity index (χ1) is 1.73. The SMILES string of the molecule is [InH2][CH](I)I. The third kappa shape index (κ3) is 8.84. The van der Waals surface area contributed by atoms with Gasteiger partial charge < -0.3 is 0 Å². The van der Waals surface area contributed by atoms with E-state index in [1.807, 2.05) is 0 Å². The van der Waals surface area contributed by atoms with Gasteiger partial charge in [-0.15, -0.1) is 0 Å². The van der Waals surface area contributed by atoms with Crippen LogP contribution in [0.1, 0.15) is 0 Å². The van der Waals surface area contributed by atoms with Crippen LogP contribution in [0.25, 0.3) is 0 Å². The summed E-state index contributed by atoms with van der Waals surface area (Å²) >= 11 is 5.75. The van der Waals surface area contributed by atoms with Crippen LogP contribution in [0.3, 0.4) is 0 Å². The van der Waals surface area contributed by atoms with Crippen molar-refractivity contribution in [2.24, 2.45) is 0 Å². The van der Waals surface area contributed by atoms with E-state index in [0.717, 1.165) is 24.1 Å². The molecule has 0 saturated carbocycles. The van der Waals surface area contributed by atoms with Gasteiger partial charge in [-0.1, -0.05) is 0 Å². The summed E-state index contributed by atoms with van der Waals surface area (Å²) in [6, 6.07) is 0. The van der Waals surface area contributed by atoms with E-state index in [4.69, 9.17) is 0 Å². The van der Waals surface area contributed by atoms with Crippen molar-refractivity contribution in [1.29, 1.82) is 0 Å². The molecule has 0 N–H and O–H groups in total. The molecule has 0 saturated heterocycles. The van der Waals surface area contributed by atoms with Gasteiger partial charge in [-0.05, 0) is 0 Å². The van der Waals surface area contributed by atoms with E-state index in [0.29, 0.717) is 0 Å². The number of hydrogen-bond donors (Lipinski definition) is 0. The normalized spacial score (nSPS) is 8.75. The Bertz CT molecular complexity index is 10.8. The van der Waals surface area contributed by atoms with E-state index in [9.17, 15) is 0 Å². The number of rotatable bonds is 0. The van der Waals surface area contributed by atoms with Crippen LogP contribution in [0.5, 0.6) is 0 Å². The molecule has 0 spiro atoms. The van der Waals surface area contributed by atoms with Crippen LogP contribution >= 0.6 is 45.2 Å². The summed E-state index contributed by atoms with van der Waals surface area (Å²) in [4.78, 5) is 0. The molecule has 0 atom stereocenters. The fourth-order valence-electron chi connectivity index (χ4n) is 0. The van der Waals surface area contributed by atoms with E-state index in [1.165, 1.54) is 0 Å². The Labute approximate surface area is 68.0 Å². The van der Waals surface area contributed by atoms with Crippen LogP contribution in [-0.2, 0) is 0 Å². The molecule has 0 rings (SSSR count). The van der Waals surface area contributed by atoms with Gasteiger partial charge in [-0.2, -0.15) is 0 Å². The monoisotopic (exact) mass is 384 g/mol. The Hall–Kier alpha value is 2.33. The average molecular weight is 384 g/mol. The fourth-order valence-corrected chi connectivity index (χ4v) is 0. The van der Waals surface area contributed by atoms with Crippen LogP contribution in [0, 0.1) is 0 Å². The summed E-state index contributed by atoms with van der Waals surface area (Å²) in [7, 11) is 0. The van der Waals surface area contributed by atoms with Crippen molar-refractivity contribution in [2.75, 3.05) is 0 Å². The molecule has 0 unspecified atom stereocenters. The first kappa shape index (κ1) is 6.33. The Morgan fingerprint density at radius 3 is 1.50 bits per heavy atom. The molecule has 0 aromatic heterocycles. The molecule has 24 valence electrons. The molecule has 0 aromatic carbocycles. The molecule has 0 aliphatic heterocycles. The molecule has 0 fully saturated rings. The quantitative estimate of drug-likeness (QED) is 0.428. The maximum atomic E-state index is 2.42. The van der Waals surface area contributed by atoms with Gasteiger partial charge in [0, 0.05) is 0 Å². The molecule has 0 amide bonds. The molecule has 0 heterocycles. The first-order valence-corrected chi connectivity index (χ1v) is 6.80. The van der Waals surface area contributed by atoms with E-state index in [-0.39, 0.29) is 0 Å². The zero-order valence-corrected chi connectivity index (χ0v) is 12.4. The Morgan fingerprint density at radius 1 is 1.50 bits per heavy atom. The Kier molecular flexibility index (Phi) is 5.57. The van der Waals surface area contributed by atoms with Gasteiger partial charge in [0.2, 0.25) is 0 Å². The van der Waals surface area contributed by atoms with Gasteiger partial charge in [0.1, 0.15) is 0 Å². The number of hydrogen-bond acceptors (Lipinski definition) is 0. The topological polar surface area (TPSA) is 0 Å². The van der Waals surface area contributed by atoms with Gasteiger partial charge in [0.05, 0.1) is 0 Å². The number of alkyl halides is 2. The third-order valence-corrected chi connectivity index (χ3v) is 0. The summed E-state index contributed by atoms with van der Waals surface area (Å²) in [5.74, 6) is 0. The van der Waals surface area contributed by atoms with Gasteiger partial charge in [0.15, 0.2) is 0 Å².